The van der Waals surface area contributed by atoms with Gasteiger partial charge in [0.25, 0.3) is 0 Å². The fourth-order valence-electron chi connectivity index (χ4n) is 1.76. The molecule has 0 saturated carbocycles. The van der Waals surface area contributed by atoms with Crippen LogP contribution in [-0.4, -0.2) is 31.7 Å². The first-order valence-corrected chi connectivity index (χ1v) is 4.92. The van der Waals surface area contributed by atoms with Gasteiger partial charge in [0, 0.05) is 13.5 Å². The Labute approximate surface area is 80.4 Å². The third-order valence-corrected chi connectivity index (χ3v) is 2.23. The Morgan fingerprint density at radius 1 is 1.31 bits per heavy atom. The van der Waals surface area contributed by atoms with Gasteiger partial charge in [-0.05, 0) is 20.3 Å². The molecule has 1 saturated heterocycles. The van der Waals surface area contributed by atoms with Gasteiger partial charge >= 0.3 is 0 Å². The van der Waals surface area contributed by atoms with Crippen LogP contribution in [0.2, 0.25) is 0 Å². The average Bonchev–Trinajstić information content (AvgIpc) is 2.02. The molecule has 0 amide bonds. The van der Waals surface area contributed by atoms with Crippen molar-refractivity contribution in [3.05, 3.63) is 0 Å². The number of hydrogen-bond acceptors (Lipinski definition) is 3. The van der Waals surface area contributed by atoms with Gasteiger partial charge in [-0.25, -0.2) is 0 Å². The number of methoxy groups -OCH3 is 1. The SMILES string of the molecule is CCC1CC(COC)OC(C)(C)O1. The molecule has 3 nitrogen and oxygen atoms in total. The predicted octanol–water partition coefficient (Wildman–Crippen LogP) is 1.95. The summed E-state index contributed by atoms with van der Waals surface area (Å²) in [6.07, 6.45) is 2.46. The molecule has 1 aliphatic heterocycles. The van der Waals surface area contributed by atoms with Crippen LogP contribution >= 0.6 is 0 Å². The van der Waals surface area contributed by atoms with E-state index in [1.807, 2.05) is 13.8 Å². The van der Waals surface area contributed by atoms with Crippen LogP contribution < -0.4 is 0 Å². The summed E-state index contributed by atoms with van der Waals surface area (Å²) in [7, 11) is 1.70. The van der Waals surface area contributed by atoms with Crippen molar-refractivity contribution in [2.45, 2.75) is 51.6 Å². The minimum absolute atomic E-state index is 0.179. The molecule has 0 radical (unpaired) electrons. The molecule has 2 unspecified atom stereocenters. The van der Waals surface area contributed by atoms with Crippen LogP contribution in [0.1, 0.15) is 33.6 Å². The van der Waals surface area contributed by atoms with Crippen LogP contribution in [0.3, 0.4) is 0 Å². The Bertz CT molecular complexity index is 156. The molecule has 1 rings (SSSR count). The summed E-state index contributed by atoms with van der Waals surface area (Å²) in [6.45, 7) is 6.70. The van der Waals surface area contributed by atoms with Gasteiger partial charge in [0.15, 0.2) is 5.79 Å². The van der Waals surface area contributed by atoms with E-state index < -0.39 is 5.79 Å². The molecule has 0 aliphatic carbocycles. The van der Waals surface area contributed by atoms with Crippen molar-refractivity contribution in [3.8, 4) is 0 Å². The number of rotatable bonds is 3. The Morgan fingerprint density at radius 2 is 1.92 bits per heavy atom. The van der Waals surface area contributed by atoms with Crippen LogP contribution in [-0.2, 0) is 14.2 Å². The summed E-state index contributed by atoms with van der Waals surface area (Å²) in [4.78, 5) is 0. The Morgan fingerprint density at radius 3 is 2.46 bits per heavy atom. The largest absolute Gasteiger partial charge is 0.382 e. The Hall–Kier alpha value is -0.120. The van der Waals surface area contributed by atoms with Gasteiger partial charge in [-0.3, -0.25) is 0 Å². The summed E-state index contributed by atoms with van der Waals surface area (Å²) in [5.74, 6) is -0.456. The lowest BCUT2D eigenvalue weighted by Gasteiger charge is -2.40. The smallest absolute Gasteiger partial charge is 0.163 e. The Kier molecular flexibility index (Phi) is 3.71. The van der Waals surface area contributed by atoms with Gasteiger partial charge in [0.1, 0.15) is 0 Å². The van der Waals surface area contributed by atoms with E-state index in [1.165, 1.54) is 0 Å². The molecule has 1 aliphatic rings. The van der Waals surface area contributed by atoms with E-state index in [1.54, 1.807) is 7.11 Å². The lowest BCUT2D eigenvalue weighted by atomic mass is 10.1. The fourth-order valence-corrected chi connectivity index (χ4v) is 1.76. The monoisotopic (exact) mass is 188 g/mol. The zero-order valence-corrected chi connectivity index (χ0v) is 9.00. The molecule has 2 atom stereocenters. The molecule has 13 heavy (non-hydrogen) atoms. The van der Waals surface area contributed by atoms with E-state index >= 15 is 0 Å². The maximum atomic E-state index is 5.72. The second kappa shape index (κ2) is 4.40. The second-order valence-electron chi connectivity index (χ2n) is 3.98. The molecule has 0 aromatic heterocycles. The van der Waals surface area contributed by atoms with Crippen LogP contribution in [0.15, 0.2) is 0 Å². The molecule has 1 fully saturated rings. The third kappa shape index (κ3) is 3.25. The summed E-state index contributed by atoms with van der Waals surface area (Å²) in [5, 5.41) is 0. The molecule has 0 spiro atoms. The maximum absolute atomic E-state index is 5.72. The summed E-state index contributed by atoms with van der Waals surface area (Å²) < 4.78 is 16.5. The highest BCUT2D eigenvalue weighted by Crippen LogP contribution is 2.27. The van der Waals surface area contributed by atoms with Gasteiger partial charge < -0.3 is 14.2 Å². The molecule has 0 bridgehead atoms. The normalized spacial score (nSPS) is 33.2. The van der Waals surface area contributed by atoms with E-state index in [9.17, 15) is 0 Å². The molecular weight excluding hydrogens is 168 g/mol. The average molecular weight is 188 g/mol. The van der Waals surface area contributed by atoms with Gasteiger partial charge in [-0.1, -0.05) is 6.92 Å². The zero-order chi connectivity index (χ0) is 9.90. The first-order chi connectivity index (χ1) is 6.07. The molecule has 0 aromatic carbocycles. The van der Waals surface area contributed by atoms with Crippen molar-refractivity contribution in [2.24, 2.45) is 0 Å². The van der Waals surface area contributed by atoms with Crippen molar-refractivity contribution in [1.82, 2.24) is 0 Å². The van der Waals surface area contributed by atoms with Crippen molar-refractivity contribution in [1.29, 1.82) is 0 Å². The first kappa shape index (κ1) is 11.0. The van der Waals surface area contributed by atoms with E-state index in [0.29, 0.717) is 12.7 Å². The third-order valence-electron chi connectivity index (χ3n) is 2.23. The standard InChI is InChI=1S/C10H20O3/c1-5-8-6-9(7-11-4)13-10(2,3)12-8/h8-9H,5-7H2,1-4H3. The maximum Gasteiger partial charge on any atom is 0.163 e. The topological polar surface area (TPSA) is 27.7 Å². The lowest BCUT2D eigenvalue weighted by Crippen LogP contribution is -2.45. The molecule has 1 heterocycles. The van der Waals surface area contributed by atoms with E-state index in [-0.39, 0.29) is 6.10 Å². The highest BCUT2D eigenvalue weighted by molar-refractivity contribution is 4.75. The fraction of sp³-hybridized carbons (Fsp3) is 1.00. The van der Waals surface area contributed by atoms with Crippen molar-refractivity contribution >= 4 is 0 Å². The highest BCUT2D eigenvalue weighted by Gasteiger charge is 2.34. The molecule has 0 N–H and O–H groups in total. The van der Waals surface area contributed by atoms with Crippen LogP contribution in [0.4, 0.5) is 0 Å². The van der Waals surface area contributed by atoms with Crippen molar-refractivity contribution in [3.63, 3.8) is 0 Å². The lowest BCUT2D eigenvalue weighted by molar-refractivity contribution is -0.304. The zero-order valence-electron chi connectivity index (χ0n) is 9.00. The molecule has 3 heteroatoms. The summed E-state index contributed by atoms with van der Waals surface area (Å²) in [5.41, 5.74) is 0. The van der Waals surface area contributed by atoms with Gasteiger partial charge in [-0.15, -0.1) is 0 Å². The minimum atomic E-state index is -0.456. The summed E-state index contributed by atoms with van der Waals surface area (Å²) >= 11 is 0. The van der Waals surface area contributed by atoms with E-state index in [4.69, 9.17) is 14.2 Å². The Balaban J connectivity index is 2.49. The van der Waals surface area contributed by atoms with Gasteiger partial charge in [0.05, 0.1) is 18.8 Å². The predicted molar refractivity (Wildman–Crippen MR) is 50.6 cm³/mol. The van der Waals surface area contributed by atoms with Crippen LogP contribution in [0.5, 0.6) is 0 Å². The minimum Gasteiger partial charge on any atom is -0.382 e. The van der Waals surface area contributed by atoms with Crippen LogP contribution in [0, 0.1) is 0 Å². The van der Waals surface area contributed by atoms with Gasteiger partial charge in [0.2, 0.25) is 0 Å². The molecule has 0 aromatic rings. The van der Waals surface area contributed by atoms with Gasteiger partial charge in [-0.2, -0.15) is 0 Å². The molecular formula is C10H20O3. The van der Waals surface area contributed by atoms with Crippen molar-refractivity contribution in [2.75, 3.05) is 13.7 Å². The van der Waals surface area contributed by atoms with E-state index in [0.717, 1.165) is 12.8 Å². The van der Waals surface area contributed by atoms with E-state index in [2.05, 4.69) is 6.92 Å². The quantitative estimate of drug-likeness (QED) is 0.677. The van der Waals surface area contributed by atoms with Crippen molar-refractivity contribution < 1.29 is 14.2 Å². The summed E-state index contributed by atoms with van der Waals surface area (Å²) in [6, 6.07) is 0. The highest BCUT2D eigenvalue weighted by atomic mass is 16.7. The van der Waals surface area contributed by atoms with Crippen LogP contribution in [0.25, 0.3) is 0 Å². The first-order valence-electron chi connectivity index (χ1n) is 4.92. The second-order valence-corrected chi connectivity index (χ2v) is 3.98. The molecule has 78 valence electrons. The number of ether oxygens (including phenoxy) is 3. The number of hydrogen-bond donors (Lipinski definition) is 0.